The number of amides is 2. The van der Waals surface area contributed by atoms with Crippen LogP contribution >= 0.6 is 0 Å². The molecule has 2 N–H and O–H groups in total. The van der Waals surface area contributed by atoms with E-state index >= 15 is 0 Å². The molecule has 0 spiro atoms. The first-order valence-electron chi connectivity index (χ1n) is 5.60. The maximum absolute atomic E-state index is 13.4. The minimum absolute atomic E-state index is 0.126. The van der Waals surface area contributed by atoms with Crippen LogP contribution in [0.3, 0.4) is 0 Å². The van der Waals surface area contributed by atoms with Crippen LogP contribution < -0.4 is 15.4 Å². The Morgan fingerprint density at radius 1 is 1.42 bits per heavy atom. The van der Waals surface area contributed by atoms with Crippen molar-refractivity contribution < 1.29 is 18.3 Å². The third kappa shape index (κ3) is 3.48. The second-order valence-corrected chi connectivity index (χ2v) is 3.74. The van der Waals surface area contributed by atoms with E-state index in [0.717, 1.165) is 0 Å². The Kier molecular flexibility index (Phi) is 4.02. The number of hydrogen-bond donors (Lipinski definition) is 2. The van der Waals surface area contributed by atoms with Crippen molar-refractivity contribution in [2.75, 3.05) is 12.4 Å². The Bertz CT molecular complexity index is 555. The highest BCUT2D eigenvalue weighted by atomic mass is 19.1. The average Bonchev–Trinajstić information content (AvgIpc) is 2.90. The summed E-state index contributed by atoms with van der Waals surface area (Å²) < 4.78 is 23.2. The molecule has 0 bridgehead atoms. The van der Waals surface area contributed by atoms with Gasteiger partial charge in [-0.3, -0.25) is 0 Å². The summed E-state index contributed by atoms with van der Waals surface area (Å²) in [5.41, 5.74) is 0.343. The lowest BCUT2D eigenvalue weighted by molar-refractivity contribution is 0.251. The fourth-order valence-electron chi connectivity index (χ4n) is 1.50. The lowest BCUT2D eigenvalue weighted by Gasteiger charge is -2.08. The molecule has 0 atom stereocenters. The largest absolute Gasteiger partial charge is 0.494 e. The maximum Gasteiger partial charge on any atom is 0.319 e. The number of urea groups is 1. The minimum atomic E-state index is -0.536. The van der Waals surface area contributed by atoms with Gasteiger partial charge in [0.05, 0.1) is 19.9 Å². The zero-order valence-electron chi connectivity index (χ0n) is 10.3. The Labute approximate surface area is 109 Å². The topological polar surface area (TPSA) is 63.5 Å². The molecule has 0 fully saturated rings. The van der Waals surface area contributed by atoms with Crippen molar-refractivity contribution in [2.45, 2.75) is 6.54 Å². The normalized spacial score (nSPS) is 10.0. The molecule has 1 aromatic heterocycles. The van der Waals surface area contributed by atoms with E-state index in [4.69, 9.17) is 9.15 Å². The van der Waals surface area contributed by atoms with Crippen molar-refractivity contribution in [3.63, 3.8) is 0 Å². The van der Waals surface area contributed by atoms with Gasteiger partial charge >= 0.3 is 6.03 Å². The summed E-state index contributed by atoms with van der Waals surface area (Å²) in [6, 6.07) is 7.21. The van der Waals surface area contributed by atoms with Gasteiger partial charge in [-0.1, -0.05) is 0 Å². The van der Waals surface area contributed by atoms with Crippen LogP contribution in [0.2, 0.25) is 0 Å². The summed E-state index contributed by atoms with van der Waals surface area (Å²) in [5, 5.41) is 5.09. The zero-order chi connectivity index (χ0) is 13.7. The lowest BCUT2D eigenvalue weighted by atomic mass is 10.3. The molecular formula is C13H13FN2O3. The Morgan fingerprint density at radius 3 is 2.89 bits per heavy atom. The lowest BCUT2D eigenvalue weighted by Crippen LogP contribution is -2.28. The number of halogens is 1. The smallest absolute Gasteiger partial charge is 0.319 e. The van der Waals surface area contributed by atoms with E-state index in [1.54, 1.807) is 18.2 Å². The molecule has 2 aromatic rings. The number of carbonyl (C=O) groups is 1. The van der Waals surface area contributed by atoms with E-state index in [2.05, 4.69) is 10.6 Å². The van der Waals surface area contributed by atoms with Crippen molar-refractivity contribution in [1.82, 2.24) is 5.32 Å². The van der Waals surface area contributed by atoms with Crippen molar-refractivity contribution in [3.05, 3.63) is 48.2 Å². The van der Waals surface area contributed by atoms with Gasteiger partial charge in [0.25, 0.3) is 0 Å². The first kappa shape index (κ1) is 12.9. The molecule has 0 saturated heterocycles. The van der Waals surface area contributed by atoms with Gasteiger partial charge in [-0.25, -0.2) is 9.18 Å². The van der Waals surface area contributed by atoms with Gasteiger partial charge in [0.2, 0.25) is 0 Å². The third-order valence-electron chi connectivity index (χ3n) is 2.41. The number of carbonyl (C=O) groups excluding carboxylic acids is 1. The van der Waals surface area contributed by atoms with Crippen molar-refractivity contribution in [3.8, 4) is 5.75 Å². The van der Waals surface area contributed by atoms with E-state index in [-0.39, 0.29) is 12.3 Å². The third-order valence-corrected chi connectivity index (χ3v) is 2.41. The van der Waals surface area contributed by atoms with E-state index in [0.29, 0.717) is 11.4 Å². The van der Waals surface area contributed by atoms with Crippen molar-refractivity contribution >= 4 is 11.7 Å². The van der Waals surface area contributed by atoms with Crippen LogP contribution in [0.1, 0.15) is 5.76 Å². The Balaban J connectivity index is 1.90. The second kappa shape index (κ2) is 5.90. The molecule has 19 heavy (non-hydrogen) atoms. The van der Waals surface area contributed by atoms with E-state index in [1.807, 2.05) is 0 Å². The number of nitrogens with one attached hydrogen (secondary N) is 2. The molecule has 2 rings (SSSR count). The molecule has 100 valence electrons. The molecule has 2 amide bonds. The minimum Gasteiger partial charge on any atom is -0.494 e. The predicted octanol–water partition coefficient (Wildman–Crippen LogP) is 2.75. The molecule has 0 aliphatic rings. The van der Waals surface area contributed by atoms with Gasteiger partial charge in [0.15, 0.2) is 11.6 Å². The molecule has 1 heterocycles. The highest BCUT2D eigenvalue weighted by Crippen LogP contribution is 2.20. The van der Waals surface area contributed by atoms with Gasteiger partial charge in [0.1, 0.15) is 5.76 Å². The second-order valence-electron chi connectivity index (χ2n) is 3.74. The number of benzene rings is 1. The van der Waals surface area contributed by atoms with E-state index in [9.17, 15) is 9.18 Å². The van der Waals surface area contributed by atoms with Crippen LogP contribution in [-0.4, -0.2) is 13.1 Å². The van der Waals surface area contributed by atoms with Gasteiger partial charge < -0.3 is 19.8 Å². The highest BCUT2D eigenvalue weighted by Gasteiger charge is 2.06. The molecule has 0 aliphatic heterocycles. The summed E-state index contributed by atoms with van der Waals surface area (Å²) in [6.07, 6.45) is 1.52. The number of ether oxygens (including phenoxy) is 1. The summed E-state index contributed by atoms with van der Waals surface area (Å²) in [6.45, 7) is 0.261. The van der Waals surface area contributed by atoms with E-state index < -0.39 is 11.8 Å². The number of hydrogen-bond acceptors (Lipinski definition) is 3. The molecule has 0 unspecified atom stereocenters. The van der Waals surface area contributed by atoms with Crippen LogP contribution in [0.15, 0.2) is 41.0 Å². The molecular weight excluding hydrogens is 251 g/mol. The van der Waals surface area contributed by atoms with Crippen LogP contribution in [0.4, 0.5) is 14.9 Å². The number of anilines is 1. The molecule has 5 nitrogen and oxygen atoms in total. The molecule has 0 saturated carbocycles. The highest BCUT2D eigenvalue weighted by molar-refractivity contribution is 5.89. The predicted molar refractivity (Wildman–Crippen MR) is 67.5 cm³/mol. The molecule has 0 aliphatic carbocycles. The molecule has 0 radical (unpaired) electrons. The van der Waals surface area contributed by atoms with Gasteiger partial charge in [0, 0.05) is 11.8 Å². The maximum atomic E-state index is 13.4. The monoisotopic (exact) mass is 264 g/mol. The van der Waals surface area contributed by atoms with E-state index in [1.165, 1.54) is 25.5 Å². The first-order chi connectivity index (χ1) is 9.19. The summed E-state index contributed by atoms with van der Waals surface area (Å²) in [4.78, 5) is 11.6. The van der Waals surface area contributed by atoms with Crippen molar-refractivity contribution in [1.29, 1.82) is 0 Å². The molecule has 1 aromatic carbocycles. The van der Waals surface area contributed by atoms with Gasteiger partial charge in [-0.2, -0.15) is 0 Å². The van der Waals surface area contributed by atoms with Crippen LogP contribution in [0.5, 0.6) is 5.75 Å². The molecule has 6 heteroatoms. The van der Waals surface area contributed by atoms with Crippen LogP contribution in [0.25, 0.3) is 0 Å². The fourth-order valence-corrected chi connectivity index (χ4v) is 1.50. The average molecular weight is 264 g/mol. The quantitative estimate of drug-likeness (QED) is 0.892. The Morgan fingerprint density at radius 2 is 2.26 bits per heavy atom. The first-order valence-corrected chi connectivity index (χ1v) is 5.60. The van der Waals surface area contributed by atoms with Crippen molar-refractivity contribution in [2.24, 2.45) is 0 Å². The summed E-state index contributed by atoms with van der Waals surface area (Å²) in [5.74, 6) is 0.226. The van der Waals surface area contributed by atoms with Crippen LogP contribution in [-0.2, 0) is 6.54 Å². The Hall–Kier alpha value is -2.50. The number of rotatable bonds is 4. The van der Waals surface area contributed by atoms with Gasteiger partial charge in [-0.05, 0) is 24.3 Å². The van der Waals surface area contributed by atoms with Crippen LogP contribution in [0, 0.1) is 5.82 Å². The standard InChI is InChI=1S/C13H13FN2O3/c1-18-12-5-4-9(7-11(12)14)16-13(17)15-8-10-3-2-6-19-10/h2-7H,8H2,1H3,(H2,15,16,17). The SMILES string of the molecule is COc1ccc(NC(=O)NCc2ccco2)cc1F. The number of methoxy groups -OCH3 is 1. The number of furan rings is 1. The summed E-state index contributed by atoms with van der Waals surface area (Å²) in [7, 11) is 1.38. The van der Waals surface area contributed by atoms with Gasteiger partial charge in [-0.15, -0.1) is 0 Å². The summed E-state index contributed by atoms with van der Waals surface area (Å²) >= 11 is 0. The zero-order valence-corrected chi connectivity index (χ0v) is 10.3. The fraction of sp³-hybridized carbons (Fsp3) is 0.154.